The summed E-state index contributed by atoms with van der Waals surface area (Å²) in [5, 5.41) is 10.3. The summed E-state index contributed by atoms with van der Waals surface area (Å²) in [6.45, 7) is 0. The van der Waals surface area contributed by atoms with Gasteiger partial charge in [0.15, 0.2) is 0 Å². The van der Waals surface area contributed by atoms with E-state index >= 15 is 0 Å². The molecule has 13 heavy (non-hydrogen) atoms. The molecule has 0 radical (unpaired) electrons. The Morgan fingerprint density at radius 3 is 2.46 bits per heavy atom. The second-order valence-corrected chi connectivity index (χ2v) is 3.88. The Hall–Kier alpha value is 0.0500. The first-order valence-corrected chi connectivity index (χ1v) is 5.10. The van der Waals surface area contributed by atoms with E-state index in [-0.39, 0.29) is 5.88 Å². The standard InChI is InChI=1S/C9H9Cl3O/c10-5-7(13)3-6-1-2-8(11)9(12)4-6/h1-2,4,7,13H,3,5H2/t7-/m0/s1. The number of benzene rings is 1. The minimum absolute atomic E-state index is 0.222. The number of alkyl halides is 1. The van der Waals surface area contributed by atoms with E-state index in [1.165, 1.54) is 0 Å². The maximum Gasteiger partial charge on any atom is 0.0715 e. The summed E-state index contributed by atoms with van der Waals surface area (Å²) in [6.07, 6.45) is -0.0284. The molecule has 72 valence electrons. The molecule has 1 atom stereocenters. The van der Waals surface area contributed by atoms with Gasteiger partial charge in [-0.25, -0.2) is 0 Å². The van der Waals surface area contributed by atoms with Crippen molar-refractivity contribution < 1.29 is 5.11 Å². The van der Waals surface area contributed by atoms with Crippen molar-refractivity contribution in [3.63, 3.8) is 0 Å². The van der Waals surface area contributed by atoms with Gasteiger partial charge in [-0.2, -0.15) is 0 Å². The van der Waals surface area contributed by atoms with Gasteiger partial charge in [0.2, 0.25) is 0 Å². The van der Waals surface area contributed by atoms with Crippen molar-refractivity contribution in [1.82, 2.24) is 0 Å². The smallest absolute Gasteiger partial charge is 0.0715 e. The van der Waals surface area contributed by atoms with E-state index in [1.54, 1.807) is 12.1 Å². The maximum atomic E-state index is 9.26. The summed E-state index contributed by atoms with van der Waals surface area (Å²) in [5.74, 6) is 0.222. The molecule has 0 spiro atoms. The van der Waals surface area contributed by atoms with Gasteiger partial charge in [0.1, 0.15) is 0 Å². The summed E-state index contributed by atoms with van der Waals surface area (Å²) in [4.78, 5) is 0. The zero-order chi connectivity index (χ0) is 9.84. The molecule has 0 bridgehead atoms. The third-order valence-corrected chi connectivity index (χ3v) is 2.73. The average Bonchev–Trinajstić information content (AvgIpc) is 2.11. The highest BCUT2D eigenvalue weighted by Crippen LogP contribution is 2.23. The third kappa shape index (κ3) is 3.35. The lowest BCUT2D eigenvalue weighted by Crippen LogP contribution is -2.11. The van der Waals surface area contributed by atoms with E-state index < -0.39 is 6.10 Å². The highest BCUT2D eigenvalue weighted by molar-refractivity contribution is 6.42. The van der Waals surface area contributed by atoms with Crippen LogP contribution in [0.1, 0.15) is 5.56 Å². The van der Waals surface area contributed by atoms with Crippen molar-refractivity contribution in [1.29, 1.82) is 0 Å². The van der Waals surface area contributed by atoms with Gasteiger partial charge in [0.05, 0.1) is 16.1 Å². The molecule has 0 saturated heterocycles. The second kappa shape index (κ2) is 5.06. The molecule has 0 fully saturated rings. The van der Waals surface area contributed by atoms with Crippen LogP contribution in [0.5, 0.6) is 0 Å². The van der Waals surface area contributed by atoms with Crippen molar-refractivity contribution in [3.8, 4) is 0 Å². The van der Waals surface area contributed by atoms with Crippen LogP contribution in [0.4, 0.5) is 0 Å². The van der Waals surface area contributed by atoms with E-state index in [2.05, 4.69) is 0 Å². The van der Waals surface area contributed by atoms with Crippen molar-refractivity contribution >= 4 is 34.8 Å². The summed E-state index contributed by atoms with van der Waals surface area (Å²) in [6, 6.07) is 5.27. The predicted molar refractivity (Wildman–Crippen MR) is 56.9 cm³/mol. The molecule has 1 aromatic rings. The van der Waals surface area contributed by atoms with Gasteiger partial charge in [-0.05, 0) is 24.1 Å². The summed E-state index contributed by atoms with van der Waals surface area (Å²) in [7, 11) is 0. The van der Waals surface area contributed by atoms with Gasteiger partial charge in [-0.3, -0.25) is 0 Å². The second-order valence-electron chi connectivity index (χ2n) is 2.76. The van der Waals surface area contributed by atoms with Gasteiger partial charge in [-0.1, -0.05) is 29.3 Å². The van der Waals surface area contributed by atoms with Crippen LogP contribution in [0.2, 0.25) is 10.0 Å². The van der Waals surface area contributed by atoms with Crippen LogP contribution in [-0.2, 0) is 6.42 Å². The lowest BCUT2D eigenvalue weighted by atomic mass is 10.1. The van der Waals surface area contributed by atoms with Gasteiger partial charge in [0.25, 0.3) is 0 Å². The van der Waals surface area contributed by atoms with Gasteiger partial charge in [-0.15, -0.1) is 11.6 Å². The number of rotatable bonds is 3. The number of aliphatic hydroxyl groups excluding tert-OH is 1. The topological polar surface area (TPSA) is 20.2 Å². The Bertz CT molecular complexity index is 288. The Balaban J connectivity index is 2.73. The summed E-state index contributed by atoms with van der Waals surface area (Å²) >= 11 is 17.0. The molecule has 0 aliphatic heterocycles. The highest BCUT2D eigenvalue weighted by Gasteiger charge is 2.05. The zero-order valence-electron chi connectivity index (χ0n) is 6.80. The minimum atomic E-state index is -0.529. The number of hydrogen-bond acceptors (Lipinski definition) is 1. The first-order valence-electron chi connectivity index (χ1n) is 3.81. The number of hydrogen-bond donors (Lipinski definition) is 1. The van der Waals surface area contributed by atoms with Crippen molar-refractivity contribution in [2.24, 2.45) is 0 Å². The average molecular weight is 240 g/mol. The quantitative estimate of drug-likeness (QED) is 0.804. The first kappa shape index (κ1) is 11.1. The molecule has 4 heteroatoms. The third-order valence-electron chi connectivity index (χ3n) is 1.63. The van der Waals surface area contributed by atoms with Crippen LogP contribution in [0.15, 0.2) is 18.2 Å². The van der Waals surface area contributed by atoms with Crippen molar-refractivity contribution in [2.45, 2.75) is 12.5 Å². The molecular weight excluding hydrogens is 230 g/mol. The van der Waals surface area contributed by atoms with Crippen molar-refractivity contribution in [2.75, 3.05) is 5.88 Å². The molecule has 0 aliphatic carbocycles. The first-order chi connectivity index (χ1) is 6.13. The maximum absolute atomic E-state index is 9.26. The normalized spacial score (nSPS) is 12.9. The minimum Gasteiger partial charge on any atom is -0.392 e. The molecule has 0 amide bonds. The van der Waals surface area contributed by atoms with Crippen LogP contribution >= 0.6 is 34.8 Å². The molecule has 0 unspecified atom stereocenters. The van der Waals surface area contributed by atoms with Gasteiger partial charge >= 0.3 is 0 Å². The lowest BCUT2D eigenvalue weighted by Gasteiger charge is -2.07. The van der Waals surface area contributed by atoms with E-state index in [0.29, 0.717) is 16.5 Å². The van der Waals surface area contributed by atoms with Crippen LogP contribution in [0.25, 0.3) is 0 Å². The molecular formula is C9H9Cl3O. The van der Waals surface area contributed by atoms with Gasteiger partial charge in [0, 0.05) is 5.88 Å². The van der Waals surface area contributed by atoms with Crippen LogP contribution in [0, 0.1) is 0 Å². The summed E-state index contributed by atoms with van der Waals surface area (Å²) < 4.78 is 0. The monoisotopic (exact) mass is 238 g/mol. The van der Waals surface area contributed by atoms with Crippen LogP contribution < -0.4 is 0 Å². The fourth-order valence-electron chi connectivity index (χ4n) is 0.993. The Labute approximate surface area is 92.2 Å². The van der Waals surface area contributed by atoms with E-state index in [0.717, 1.165) is 5.56 Å². The fraction of sp³-hybridized carbons (Fsp3) is 0.333. The molecule has 1 N–H and O–H groups in total. The van der Waals surface area contributed by atoms with Gasteiger partial charge < -0.3 is 5.11 Å². The molecule has 1 aromatic carbocycles. The van der Waals surface area contributed by atoms with Crippen LogP contribution in [0.3, 0.4) is 0 Å². The summed E-state index contributed by atoms with van der Waals surface area (Å²) in [5.41, 5.74) is 0.933. The molecule has 1 nitrogen and oxygen atoms in total. The Kier molecular flexibility index (Phi) is 4.33. The Morgan fingerprint density at radius 2 is 1.92 bits per heavy atom. The molecule has 0 saturated carbocycles. The molecule has 0 aromatic heterocycles. The zero-order valence-corrected chi connectivity index (χ0v) is 9.07. The molecule has 1 rings (SSSR count). The van der Waals surface area contributed by atoms with E-state index in [9.17, 15) is 5.11 Å². The lowest BCUT2D eigenvalue weighted by molar-refractivity contribution is 0.199. The predicted octanol–water partition coefficient (Wildman–Crippen LogP) is 3.14. The Morgan fingerprint density at radius 1 is 1.23 bits per heavy atom. The number of aliphatic hydroxyl groups is 1. The van der Waals surface area contributed by atoms with E-state index in [1.807, 2.05) is 6.07 Å². The largest absolute Gasteiger partial charge is 0.392 e. The molecule has 0 heterocycles. The molecule has 0 aliphatic rings. The van der Waals surface area contributed by atoms with Crippen LogP contribution in [-0.4, -0.2) is 17.1 Å². The number of halogens is 3. The fourth-order valence-corrected chi connectivity index (χ4v) is 1.42. The van der Waals surface area contributed by atoms with E-state index in [4.69, 9.17) is 34.8 Å². The van der Waals surface area contributed by atoms with Crippen molar-refractivity contribution in [3.05, 3.63) is 33.8 Å². The highest BCUT2D eigenvalue weighted by atomic mass is 35.5. The SMILES string of the molecule is O[C@H](CCl)Cc1ccc(Cl)c(Cl)c1.